The van der Waals surface area contributed by atoms with Gasteiger partial charge in [-0.1, -0.05) is 0 Å². The van der Waals surface area contributed by atoms with Gasteiger partial charge in [0.25, 0.3) is 5.91 Å². The largest absolute Gasteiger partial charge is 0.371 e. The van der Waals surface area contributed by atoms with Gasteiger partial charge in [0, 0.05) is 43.2 Å². The summed E-state index contributed by atoms with van der Waals surface area (Å²) in [5.41, 5.74) is 3.05. The number of rotatable bonds is 3. The monoisotopic (exact) mass is 409 g/mol. The molecule has 1 saturated carbocycles. The molecule has 7 nitrogen and oxygen atoms in total. The fourth-order valence-electron chi connectivity index (χ4n) is 5.82. The number of imide groups is 1. The molecule has 158 valence electrons. The van der Waals surface area contributed by atoms with Gasteiger partial charge in [0.1, 0.15) is 12.3 Å². The minimum atomic E-state index is -0.575. The van der Waals surface area contributed by atoms with Crippen LogP contribution < -0.4 is 10.2 Å². The van der Waals surface area contributed by atoms with Crippen molar-refractivity contribution in [1.29, 1.82) is 0 Å². The average Bonchev–Trinajstić information content (AvgIpc) is 3.29. The second kappa shape index (κ2) is 7.22. The summed E-state index contributed by atoms with van der Waals surface area (Å²) >= 11 is 0. The third kappa shape index (κ3) is 3.20. The highest BCUT2D eigenvalue weighted by molar-refractivity contribution is 6.05. The number of benzene rings is 1. The molecule has 2 atom stereocenters. The van der Waals surface area contributed by atoms with Crippen molar-refractivity contribution >= 4 is 29.7 Å². The fraction of sp³-hybridized carbons (Fsp3) is 0.565. The van der Waals surface area contributed by atoms with Crippen LogP contribution >= 0.6 is 0 Å². The van der Waals surface area contributed by atoms with Gasteiger partial charge in [-0.05, 0) is 67.7 Å². The maximum atomic E-state index is 12.9. The summed E-state index contributed by atoms with van der Waals surface area (Å²) in [6.45, 7) is 2.34. The molecule has 1 spiro atoms. The van der Waals surface area contributed by atoms with Crippen LogP contribution in [-0.2, 0) is 20.9 Å². The van der Waals surface area contributed by atoms with Crippen molar-refractivity contribution in [2.75, 3.05) is 18.0 Å². The van der Waals surface area contributed by atoms with Gasteiger partial charge < -0.3 is 14.6 Å². The molecule has 5 rings (SSSR count). The predicted octanol–water partition coefficient (Wildman–Crippen LogP) is 2.03. The van der Waals surface area contributed by atoms with Crippen LogP contribution in [0.1, 0.15) is 60.9 Å². The van der Waals surface area contributed by atoms with Crippen molar-refractivity contribution in [2.24, 2.45) is 11.3 Å². The number of aldehydes is 1. The molecule has 2 unspecified atom stereocenters. The number of fused-ring (bicyclic) bond motifs is 1. The topological polar surface area (TPSA) is 86.8 Å². The van der Waals surface area contributed by atoms with Gasteiger partial charge in [-0.25, -0.2) is 0 Å². The van der Waals surface area contributed by atoms with Gasteiger partial charge in [0.15, 0.2) is 0 Å². The number of anilines is 1. The lowest BCUT2D eigenvalue weighted by molar-refractivity contribution is -0.136. The van der Waals surface area contributed by atoms with Crippen LogP contribution in [0.3, 0.4) is 0 Å². The lowest BCUT2D eigenvalue weighted by atomic mass is 9.76. The number of carbonyl (C=O) groups excluding carboxylic acids is 4. The standard InChI is InChI=1S/C23H27N3O4/c27-14-15-5-6-23(12-15)7-9-25(10-8-23)17-1-2-18-16(11-17)13-26(22(18)30)19-3-4-20(28)24-21(19)29/h1-2,11,14-15,19H,3-10,12-13H2,(H,24,28,29). The lowest BCUT2D eigenvalue weighted by Crippen LogP contribution is -2.52. The highest BCUT2D eigenvalue weighted by atomic mass is 16.2. The molecule has 3 heterocycles. The average molecular weight is 409 g/mol. The van der Waals surface area contributed by atoms with E-state index in [4.69, 9.17) is 0 Å². The number of carbonyl (C=O) groups is 4. The maximum Gasteiger partial charge on any atom is 0.255 e. The molecule has 30 heavy (non-hydrogen) atoms. The molecule has 1 aliphatic carbocycles. The van der Waals surface area contributed by atoms with Gasteiger partial charge >= 0.3 is 0 Å². The number of hydrogen-bond acceptors (Lipinski definition) is 5. The van der Waals surface area contributed by atoms with Crippen molar-refractivity contribution < 1.29 is 19.2 Å². The molecule has 0 bridgehead atoms. The van der Waals surface area contributed by atoms with E-state index >= 15 is 0 Å². The summed E-state index contributed by atoms with van der Waals surface area (Å²) in [6, 6.07) is 5.39. The molecule has 3 aliphatic heterocycles. The van der Waals surface area contributed by atoms with Crippen LogP contribution in [0.2, 0.25) is 0 Å². The van der Waals surface area contributed by atoms with Crippen LogP contribution in [-0.4, -0.2) is 48.0 Å². The van der Waals surface area contributed by atoms with Crippen molar-refractivity contribution in [3.05, 3.63) is 29.3 Å². The molecule has 1 aromatic rings. The SMILES string of the molecule is O=CC1CCC2(CCN(c3ccc4c(c3)CN(C3CCC(=O)NC3=O)C4=O)CC2)C1. The Morgan fingerprint density at radius 3 is 2.57 bits per heavy atom. The third-order valence-electron chi connectivity index (χ3n) is 7.63. The molecule has 0 aromatic heterocycles. The smallest absolute Gasteiger partial charge is 0.255 e. The van der Waals surface area contributed by atoms with Crippen LogP contribution in [0.15, 0.2) is 18.2 Å². The number of piperidine rings is 2. The summed E-state index contributed by atoms with van der Waals surface area (Å²) < 4.78 is 0. The van der Waals surface area contributed by atoms with E-state index < -0.39 is 6.04 Å². The molecule has 2 saturated heterocycles. The maximum absolute atomic E-state index is 12.9. The summed E-state index contributed by atoms with van der Waals surface area (Å²) in [5.74, 6) is -0.540. The molecular formula is C23H27N3O4. The highest BCUT2D eigenvalue weighted by Crippen LogP contribution is 2.48. The minimum Gasteiger partial charge on any atom is -0.371 e. The fourth-order valence-corrected chi connectivity index (χ4v) is 5.82. The van der Waals surface area contributed by atoms with E-state index in [1.807, 2.05) is 12.1 Å². The molecular weight excluding hydrogens is 382 g/mol. The molecule has 7 heteroatoms. The van der Waals surface area contributed by atoms with Crippen molar-refractivity contribution in [2.45, 2.75) is 57.5 Å². The van der Waals surface area contributed by atoms with E-state index in [0.717, 1.165) is 62.7 Å². The van der Waals surface area contributed by atoms with Crippen molar-refractivity contribution in [3.8, 4) is 0 Å². The van der Waals surface area contributed by atoms with E-state index in [2.05, 4.69) is 16.3 Å². The molecule has 3 fully saturated rings. The highest BCUT2D eigenvalue weighted by Gasteiger charge is 2.42. The number of nitrogens with one attached hydrogen (secondary N) is 1. The Morgan fingerprint density at radius 2 is 1.87 bits per heavy atom. The third-order valence-corrected chi connectivity index (χ3v) is 7.63. The Labute approximate surface area is 175 Å². The van der Waals surface area contributed by atoms with Crippen LogP contribution in [0.25, 0.3) is 0 Å². The second-order valence-electron chi connectivity index (χ2n) is 9.37. The normalized spacial score (nSPS) is 28.1. The summed E-state index contributed by atoms with van der Waals surface area (Å²) in [6.07, 6.45) is 7.21. The van der Waals surface area contributed by atoms with E-state index in [0.29, 0.717) is 23.9 Å². The van der Waals surface area contributed by atoms with E-state index in [1.54, 1.807) is 4.90 Å². The summed E-state index contributed by atoms with van der Waals surface area (Å²) in [4.78, 5) is 51.6. The summed E-state index contributed by atoms with van der Waals surface area (Å²) in [7, 11) is 0. The molecule has 4 aliphatic rings. The van der Waals surface area contributed by atoms with E-state index in [9.17, 15) is 19.2 Å². The minimum absolute atomic E-state index is 0.130. The number of amides is 3. The summed E-state index contributed by atoms with van der Waals surface area (Å²) in [5, 5.41) is 2.35. The Morgan fingerprint density at radius 1 is 1.07 bits per heavy atom. The van der Waals surface area contributed by atoms with E-state index in [-0.39, 0.29) is 30.1 Å². The quantitative estimate of drug-likeness (QED) is 0.610. The molecule has 0 radical (unpaired) electrons. The van der Waals surface area contributed by atoms with Crippen LogP contribution in [0.4, 0.5) is 5.69 Å². The van der Waals surface area contributed by atoms with Gasteiger partial charge in [0.05, 0.1) is 0 Å². The van der Waals surface area contributed by atoms with Crippen molar-refractivity contribution in [1.82, 2.24) is 10.2 Å². The van der Waals surface area contributed by atoms with Crippen LogP contribution in [0.5, 0.6) is 0 Å². The zero-order valence-electron chi connectivity index (χ0n) is 17.1. The molecule has 1 aromatic carbocycles. The van der Waals surface area contributed by atoms with Gasteiger partial charge in [0.2, 0.25) is 11.8 Å². The van der Waals surface area contributed by atoms with E-state index in [1.165, 1.54) is 0 Å². The molecule has 1 N–H and O–H groups in total. The van der Waals surface area contributed by atoms with Gasteiger partial charge in [-0.15, -0.1) is 0 Å². The Balaban J connectivity index is 1.28. The molecule has 3 amide bonds. The first-order valence-corrected chi connectivity index (χ1v) is 11.0. The lowest BCUT2D eigenvalue weighted by Gasteiger charge is -2.40. The van der Waals surface area contributed by atoms with Crippen molar-refractivity contribution in [3.63, 3.8) is 0 Å². The Bertz CT molecular complexity index is 919. The van der Waals surface area contributed by atoms with Gasteiger partial charge in [-0.3, -0.25) is 19.7 Å². The first-order chi connectivity index (χ1) is 14.5. The number of nitrogens with zero attached hydrogens (tertiary/aromatic N) is 2. The number of hydrogen-bond donors (Lipinski definition) is 1. The first kappa shape index (κ1) is 19.3. The zero-order chi connectivity index (χ0) is 20.9. The second-order valence-corrected chi connectivity index (χ2v) is 9.37. The Kier molecular flexibility index (Phi) is 4.64. The van der Waals surface area contributed by atoms with Gasteiger partial charge in [-0.2, -0.15) is 0 Å². The first-order valence-electron chi connectivity index (χ1n) is 11.0. The Hall–Kier alpha value is -2.70. The van der Waals surface area contributed by atoms with Crippen LogP contribution in [0, 0.1) is 11.3 Å². The predicted molar refractivity (Wildman–Crippen MR) is 110 cm³/mol. The zero-order valence-corrected chi connectivity index (χ0v) is 17.1.